The van der Waals surface area contributed by atoms with Gasteiger partial charge in [-0.3, -0.25) is 9.78 Å². The van der Waals surface area contributed by atoms with E-state index in [9.17, 15) is 4.79 Å². The molecule has 20 heavy (non-hydrogen) atoms. The maximum absolute atomic E-state index is 12.4. The highest BCUT2D eigenvalue weighted by atomic mass is 35.5. The molecule has 1 aromatic rings. The second-order valence-corrected chi connectivity index (χ2v) is 5.08. The summed E-state index contributed by atoms with van der Waals surface area (Å²) in [6.45, 7) is 2.57. The molecule has 1 aromatic heterocycles. The summed E-state index contributed by atoms with van der Waals surface area (Å²) >= 11 is 6.01. The van der Waals surface area contributed by atoms with Crippen molar-refractivity contribution in [3.63, 3.8) is 0 Å². The minimum absolute atomic E-state index is 0. The van der Waals surface area contributed by atoms with Gasteiger partial charge >= 0.3 is 0 Å². The Kier molecular flexibility index (Phi) is 9.14. The van der Waals surface area contributed by atoms with Gasteiger partial charge in [-0.1, -0.05) is 11.6 Å². The maximum atomic E-state index is 12.4. The van der Waals surface area contributed by atoms with Gasteiger partial charge in [0.1, 0.15) is 0 Å². The van der Waals surface area contributed by atoms with Gasteiger partial charge in [0.05, 0.1) is 10.6 Å². The topological polar surface area (TPSA) is 45.2 Å². The van der Waals surface area contributed by atoms with Gasteiger partial charge < -0.3 is 10.2 Å². The average Bonchev–Trinajstić information content (AvgIpc) is 2.39. The number of pyridine rings is 1. The number of amides is 1. The Bertz CT molecular complexity index is 429. The number of piperidine rings is 1. The van der Waals surface area contributed by atoms with E-state index < -0.39 is 0 Å². The third-order valence-corrected chi connectivity index (χ3v) is 3.60. The van der Waals surface area contributed by atoms with Crippen molar-refractivity contribution in [1.82, 2.24) is 15.2 Å². The van der Waals surface area contributed by atoms with Crippen molar-refractivity contribution in [3.8, 4) is 0 Å². The largest absolute Gasteiger partial charge is 0.338 e. The molecule has 4 nitrogen and oxygen atoms in total. The van der Waals surface area contributed by atoms with Crippen LogP contribution in [0.5, 0.6) is 0 Å². The van der Waals surface area contributed by atoms with Gasteiger partial charge in [0.2, 0.25) is 0 Å². The lowest BCUT2D eigenvalue weighted by Gasteiger charge is -2.32. The van der Waals surface area contributed by atoms with Crippen LogP contribution in [0.1, 0.15) is 23.2 Å². The van der Waals surface area contributed by atoms with Crippen molar-refractivity contribution < 1.29 is 4.79 Å². The number of likely N-dealkylation sites (tertiary alicyclic amines) is 1. The number of rotatable bonds is 3. The number of nitrogens with zero attached hydrogens (tertiary/aromatic N) is 2. The van der Waals surface area contributed by atoms with Gasteiger partial charge in [-0.05, 0) is 38.4 Å². The third-order valence-electron chi connectivity index (χ3n) is 3.30. The number of carbonyl (C=O) groups is 1. The summed E-state index contributed by atoms with van der Waals surface area (Å²) in [5.74, 6) is 0.552. The van der Waals surface area contributed by atoms with Crippen LogP contribution in [0, 0.1) is 5.92 Å². The number of carbonyl (C=O) groups excluding carboxylic acids is 1. The summed E-state index contributed by atoms with van der Waals surface area (Å²) in [7, 11) is 1.94. The lowest BCUT2D eigenvalue weighted by Crippen LogP contribution is -2.42. The van der Waals surface area contributed by atoms with Gasteiger partial charge in [0, 0.05) is 25.5 Å². The molecule has 2 rings (SSSR count). The predicted octanol–water partition coefficient (Wildman–Crippen LogP) is 2.65. The molecule has 0 bridgehead atoms. The van der Waals surface area contributed by atoms with Gasteiger partial charge in [0.15, 0.2) is 0 Å². The summed E-state index contributed by atoms with van der Waals surface area (Å²) in [5.41, 5.74) is 0.553. The van der Waals surface area contributed by atoms with E-state index in [1.807, 2.05) is 11.9 Å². The van der Waals surface area contributed by atoms with Gasteiger partial charge in [-0.15, -0.1) is 24.8 Å². The fraction of sp³-hybridized carbons (Fsp3) is 0.538. The Labute approximate surface area is 137 Å². The fourth-order valence-corrected chi connectivity index (χ4v) is 2.62. The standard InChI is InChI=1S/C13H18ClN3O.2ClH/c1-15-7-10-3-2-6-17(9-10)13(18)11-4-5-16-8-12(11)14;;/h4-5,8,10,15H,2-3,6-7,9H2,1H3;2*1H. The molecular weight excluding hydrogens is 321 g/mol. The highest BCUT2D eigenvalue weighted by molar-refractivity contribution is 6.33. The molecule has 7 heteroatoms. The smallest absolute Gasteiger partial charge is 0.255 e. The summed E-state index contributed by atoms with van der Waals surface area (Å²) in [4.78, 5) is 18.2. The second-order valence-electron chi connectivity index (χ2n) is 4.67. The second kappa shape index (κ2) is 9.40. The Hall–Kier alpha value is -0.550. The summed E-state index contributed by atoms with van der Waals surface area (Å²) < 4.78 is 0. The summed E-state index contributed by atoms with van der Waals surface area (Å²) in [6, 6.07) is 1.69. The van der Waals surface area contributed by atoms with Crippen LogP contribution in [0.15, 0.2) is 18.5 Å². The molecule has 1 aliphatic heterocycles. The molecule has 114 valence electrons. The number of hydrogen-bond donors (Lipinski definition) is 1. The van der Waals surface area contributed by atoms with Crippen molar-refractivity contribution in [2.24, 2.45) is 5.92 Å². The van der Waals surface area contributed by atoms with E-state index in [2.05, 4.69) is 10.3 Å². The quantitative estimate of drug-likeness (QED) is 0.920. The minimum Gasteiger partial charge on any atom is -0.338 e. The van der Waals surface area contributed by atoms with Gasteiger partial charge in [0.25, 0.3) is 5.91 Å². The highest BCUT2D eigenvalue weighted by Crippen LogP contribution is 2.21. The van der Waals surface area contributed by atoms with E-state index in [0.29, 0.717) is 16.5 Å². The molecular formula is C13H20Cl3N3O. The van der Waals surface area contributed by atoms with Crippen LogP contribution in [0.2, 0.25) is 5.02 Å². The molecule has 0 aliphatic carbocycles. The zero-order valence-electron chi connectivity index (χ0n) is 11.3. The third kappa shape index (κ3) is 4.77. The average molecular weight is 341 g/mol. The lowest BCUT2D eigenvalue weighted by molar-refractivity contribution is 0.0674. The molecule has 1 fully saturated rings. The van der Waals surface area contributed by atoms with Crippen molar-refractivity contribution in [2.45, 2.75) is 12.8 Å². The normalized spacial score (nSPS) is 17.9. The van der Waals surface area contributed by atoms with Crippen molar-refractivity contribution >= 4 is 42.3 Å². The zero-order chi connectivity index (χ0) is 13.0. The Balaban J connectivity index is 0.00000180. The SMILES string of the molecule is CNCC1CCCN(C(=O)c2ccncc2Cl)C1.Cl.Cl. The molecule has 0 aromatic carbocycles. The maximum Gasteiger partial charge on any atom is 0.255 e. The number of halogens is 3. The Morgan fingerprint density at radius 2 is 2.30 bits per heavy atom. The molecule has 2 heterocycles. The predicted molar refractivity (Wildman–Crippen MR) is 86.3 cm³/mol. The van der Waals surface area contributed by atoms with Crippen LogP contribution in [0.3, 0.4) is 0 Å². The molecule has 1 saturated heterocycles. The van der Waals surface area contributed by atoms with E-state index in [4.69, 9.17) is 11.6 Å². The molecule has 1 amide bonds. The molecule has 1 atom stereocenters. The first-order valence-corrected chi connectivity index (χ1v) is 6.63. The summed E-state index contributed by atoms with van der Waals surface area (Å²) in [6.07, 6.45) is 5.35. The van der Waals surface area contributed by atoms with Crippen molar-refractivity contribution in [1.29, 1.82) is 0 Å². The van der Waals surface area contributed by atoms with Crippen molar-refractivity contribution in [2.75, 3.05) is 26.7 Å². The fourth-order valence-electron chi connectivity index (χ4n) is 2.42. The Morgan fingerprint density at radius 3 is 2.95 bits per heavy atom. The highest BCUT2D eigenvalue weighted by Gasteiger charge is 2.25. The molecule has 0 spiro atoms. The van der Waals surface area contributed by atoms with Crippen LogP contribution in [0.25, 0.3) is 0 Å². The number of aromatic nitrogens is 1. The van der Waals surface area contributed by atoms with E-state index in [0.717, 1.165) is 26.1 Å². The zero-order valence-corrected chi connectivity index (χ0v) is 13.7. The van der Waals surface area contributed by atoms with E-state index >= 15 is 0 Å². The van der Waals surface area contributed by atoms with Gasteiger partial charge in [-0.2, -0.15) is 0 Å². The van der Waals surface area contributed by atoms with Crippen LogP contribution < -0.4 is 5.32 Å². The first-order chi connectivity index (χ1) is 8.72. The number of hydrogen-bond acceptors (Lipinski definition) is 3. The molecule has 0 saturated carbocycles. The van der Waals surface area contributed by atoms with E-state index in [1.165, 1.54) is 12.6 Å². The number of nitrogens with one attached hydrogen (secondary N) is 1. The lowest BCUT2D eigenvalue weighted by atomic mass is 9.97. The van der Waals surface area contributed by atoms with E-state index in [-0.39, 0.29) is 30.7 Å². The molecule has 1 aliphatic rings. The van der Waals surface area contributed by atoms with Gasteiger partial charge in [-0.25, -0.2) is 0 Å². The molecule has 1 N–H and O–H groups in total. The Morgan fingerprint density at radius 1 is 1.55 bits per heavy atom. The van der Waals surface area contributed by atoms with Crippen LogP contribution in [-0.2, 0) is 0 Å². The molecule has 1 unspecified atom stereocenters. The van der Waals surface area contributed by atoms with Crippen LogP contribution in [-0.4, -0.2) is 42.5 Å². The van der Waals surface area contributed by atoms with Crippen LogP contribution >= 0.6 is 36.4 Å². The first-order valence-electron chi connectivity index (χ1n) is 6.25. The minimum atomic E-state index is 0. The first kappa shape index (κ1) is 19.4. The monoisotopic (exact) mass is 339 g/mol. The van der Waals surface area contributed by atoms with Crippen LogP contribution in [0.4, 0.5) is 0 Å². The molecule has 0 radical (unpaired) electrons. The summed E-state index contributed by atoms with van der Waals surface area (Å²) in [5, 5.41) is 3.60. The van der Waals surface area contributed by atoms with E-state index in [1.54, 1.807) is 12.3 Å². The van der Waals surface area contributed by atoms with Crippen molar-refractivity contribution in [3.05, 3.63) is 29.0 Å².